The van der Waals surface area contributed by atoms with Gasteiger partial charge in [-0.2, -0.15) is 0 Å². The highest BCUT2D eigenvalue weighted by Gasteiger charge is 2.31. The average Bonchev–Trinajstić information content (AvgIpc) is 2.77. The summed E-state index contributed by atoms with van der Waals surface area (Å²) in [5, 5.41) is 2.88. The number of nitrogens with one attached hydrogen (secondary N) is 1. The fraction of sp³-hybridized carbons (Fsp3) is 0.609. The van der Waals surface area contributed by atoms with Crippen molar-refractivity contribution >= 4 is 17.8 Å². The van der Waals surface area contributed by atoms with Gasteiger partial charge >= 0.3 is 5.97 Å². The Balaban J connectivity index is 1.42. The van der Waals surface area contributed by atoms with Crippen molar-refractivity contribution < 1.29 is 27.9 Å². The number of rotatable bonds is 6. The van der Waals surface area contributed by atoms with Gasteiger partial charge in [0.2, 0.25) is 0 Å². The molecule has 1 aliphatic heterocycles. The lowest BCUT2D eigenvalue weighted by Gasteiger charge is -2.31. The zero-order chi connectivity index (χ0) is 22.4. The second kappa shape index (κ2) is 10.7. The van der Waals surface area contributed by atoms with E-state index < -0.39 is 35.5 Å². The van der Waals surface area contributed by atoms with Crippen molar-refractivity contribution in [1.82, 2.24) is 10.2 Å². The van der Waals surface area contributed by atoms with Gasteiger partial charge < -0.3 is 15.0 Å². The average molecular weight is 436 g/mol. The topological polar surface area (TPSA) is 75.7 Å². The number of likely N-dealkylation sites (tertiary alicyclic amines) is 1. The third-order valence-electron chi connectivity index (χ3n) is 6.23. The first kappa shape index (κ1) is 23.2. The molecule has 0 aromatic heterocycles. The van der Waals surface area contributed by atoms with Crippen LogP contribution in [-0.4, -0.2) is 48.4 Å². The normalized spacial score (nSPS) is 19.0. The van der Waals surface area contributed by atoms with Gasteiger partial charge in [0.05, 0.1) is 11.5 Å². The number of ether oxygens (including phenoxy) is 1. The van der Waals surface area contributed by atoms with Gasteiger partial charge in [0.15, 0.2) is 6.10 Å². The van der Waals surface area contributed by atoms with Gasteiger partial charge in [0.1, 0.15) is 11.6 Å². The largest absolute Gasteiger partial charge is 0.452 e. The van der Waals surface area contributed by atoms with Crippen LogP contribution in [0.4, 0.5) is 8.78 Å². The fourth-order valence-corrected chi connectivity index (χ4v) is 4.26. The van der Waals surface area contributed by atoms with Crippen molar-refractivity contribution in [3.8, 4) is 0 Å². The quantitative estimate of drug-likeness (QED) is 0.693. The Labute approximate surface area is 181 Å². The number of piperidine rings is 1. The molecule has 1 unspecified atom stereocenters. The SMILES string of the molecule is CC(OC(=O)C1CCN(C(=O)c2ccc(F)cc2F)CC1)C(=O)NCC1CCCCC1. The van der Waals surface area contributed by atoms with Crippen LogP contribution in [0.5, 0.6) is 0 Å². The molecule has 2 amide bonds. The van der Waals surface area contributed by atoms with Crippen molar-refractivity contribution in [3.05, 3.63) is 35.4 Å². The standard InChI is InChI=1S/C23H30F2N2O4/c1-15(21(28)26-14-16-5-3-2-4-6-16)31-23(30)17-9-11-27(12-10-17)22(29)19-8-7-18(24)13-20(19)25/h7-8,13,15-17H,2-6,9-12,14H2,1H3,(H,26,28). The van der Waals surface area contributed by atoms with E-state index in [0.29, 0.717) is 31.4 Å². The number of hydrogen-bond donors (Lipinski definition) is 1. The van der Waals surface area contributed by atoms with E-state index >= 15 is 0 Å². The molecule has 1 saturated heterocycles. The van der Waals surface area contributed by atoms with Crippen LogP contribution in [0.1, 0.15) is 62.2 Å². The maximum Gasteiger partial charge on any atom is 0.309 e. The number of benzene rings is 1. The summed E-state index contributed by atoms with van der Waals surface area (Å²) in [5.41, 5.74) is -0.189. The van der Waals surface area contributed by atoms with Gasteiger partial charge in [-0.3, -0.25) is 14.4 Å². The van der Waals surface area contributed by atoms with Gasteiger partial charge in [-0.1, -0.05) is 19.3 Å². The molecule has 0 spiro atoms. The number of amides is 2. The van der Waals surface area contributed by atoms with Gasteiger partial charge in [-0.05, 0) is 50.7 Å². The Morgan fingerprint density at radius 3 is 2.42 bits per heavy atom. The summed E-state index contributed by atoms with van der Waals surface area (Å²) in [6.45, 7) is 2.70. The van der Waals surface area contributed by atoms with Gasteiger partial charge in [-0.15, -0.1) is 0 Å². The molecule has 2 fully saturated rings. The molecule has 31 heavy (non-hydrogen) atoms. The molecule has 1 aliphatic carbocycles. The van der Waals surface area contributed by atoms with Crippen molar-refractivity contribution in [2.45, 2.75) is 58.0 Å². The monoisotopic (exact) mass is 436 g/mol. The summed E-state index contributed by atoms with van der Waals surface area (Å²) in [6, 6.07) is 2.85. The van der Waals surface area contributed by atoms with Crippen molar-refractivity contribution in [2.24, 2.45) is 11.8 Å². The third kappa shape index (κ3) is 6.24. The van der Waals surface area contributed by atoms with E-state index in [1.54, 1.807) is 6.92 Å². The molecule has 170 valence electrons. The Morgan fingerprint density at radius 2 is 1.77 bits per heavy atom. The smallest absolute Gasteiger partial charge is 0.309 e. The lowest BCUT2D eigenvalue weighted by Crippen LogP contribution is -2.43. The number of halogens is 2. The number of esters is 1. The molecule has 1 aromatic carbocycles. The van der Waals surface area contributed by atoms with Crippen LogP contribution >= 0.6 is 0 Å². The summed E-state index contributed by atoms with van der Waals surface area (Å²) < 4.78 is 32.3. The summed E-state index contributed by atoms with van der Waals surface area (Å²) >= 11 is 0. The maximum atomic E-state index is 13.9. The van der Waals surface area contributed by atoms with Crippen LogP contribution in [0.2, 0.25) is 0 Å². The van der Waals surface area contributed by atoms with Crippen LogP contribution in [-0.2, 0) is 14.3 Å². The highest BCUT2D eigenvalue weighted by Crippen LogP contribution is 2.24. The zero-order valence-corrected chi connectivity index (χ0v) is 17.9. The van der Waals surface area contributed by atoms with E-state index in [1.807, 2.05) is 0 Å². The molecular formula is C23H30F2N2O4. The first-order valence-electron chi connectivity index (χ1n) is 11.1. The van der Waals surface area contributed by atoms with Crippen LogP contribution in [0, 0.1) is 23.5 Å². The second-order valence-electron chi connectivity index (χ2n) is 8.52. The molecule has 3 rings (SSSR count). The van der Waals surface area contributed by atoms with Crippen molar-refractivity contribution in [2.75, 3.05) is 19.6 Å². The number of nitrogens with zero attached hydrogens (tertiary/aromatic N) is 1. The first-order chi connectivity index (χ1) is 14.8. The minimum atomic E-state index is -0.903. The van der Waals surface area contributed by atoms with Crippen molar-refractivity contribution in [1.29, 1.82) is 0 Å². The molecular weight excluding hydrogens is 406 g/mol. The lowest BCUT2D eigenvalue weighted by molar-refractivity contribution is -0.160. The molecule has 6 nitrogen and oxygen atoms in total. The Hall–Kier alpha value is -2.51. The van der Waals surface area contributed by atoms with E-state index in [1.165, 1.54) is 24.2 Å². The Bertz CT molecular complexity index is 803. The summed E-state index contributed by atoms with van der Waals surface area (Å²) in [6.07, 6.45) is 5.74. The van der Waals surface area contributed by atoms with Crippen LogP contribution in [0.15, 0.2) is 18.2 Å². The van der Waals surface area contributed by atoms with E-state index in [-0.39, 0.29) is 24.6 Å². The van der Waals surface area contributed by atoms with Gasteiger partial charge in [-0.25, -0.2) is 8.78 Å². The van der Waals surface area contributed by atoms with Crippen LogP contribution < -0.4 is 5.32 Å². The highest BCUT2D eigenvalue weighted by atomic mass is 19.1. The summed E-state index contributed by atoms with van der Waals surface area (Å²) in [5.74, 6) is -2.85. The molecule has 1 saturated carbocycles. The number of hydrogen-bond acceptors (Lipinski definition) is 4. The predicted molar refractivity (Wildman–Crippen MR) is 110 cm³/mol. The van der Waals surface area contributed by atoms with E-state index in [4.69, 9.17) is 4.74 Å². The molecule has 2 aliphatic rings. The molecule has 1 N–H and O–H groups in total. The maximum absolute atomic E-state index is 13.9. The minimum absolute atomic E-state index is 0.189. The highest BCUT2D eigenvalue weighted by molar-refractivity contribution is 5.94. The molecule has 0 radical (unpaired) electrons. The molecule has 1 heterocycles. The van der Waals surface area contributed by atoms with Gasteiger partial charge in [0.25, 0.3) is 11.8 Å². The molecule has 1 atom stereocenters. The number of carbonyl (C=O) groups is 3. The molecule has 8 heteroatoms. The van der Waals surface area contributed by atoms with Crippen molar-refractivity contribution in [3.63, 3.8) is 0 Å². The van der Waals surface area contributed by atoms with Crippen LogP contribution in [0.25, 0.3) is 0 Å². The summed E-state index contributed by atoms with van der Waals surface area (Å²) in [4.78, 5) is 38.6. The number of carbonyl (C=O) groups excluding carboxylic acids is 3. The first-order valence-corrected chi connectivity index (χ1v) is 11.1. The Kier molecular flexibility index (Phi) is 7.98. The van der Waals surface area contributed by atoms with E-state index in [2.05, 4.69) is 5.32 Å². The molecule has 0 bridgehead atoms. The van der Waals surface area contributed by atoms with Crippen LogP contribution in [0.3, 0.4) is 0 Å². The van der Waals surface area contributed by atoms with E-state index in [9.17, 15) is 23.2 Å². The van der Waals surface area contributed by atoms with Gasteiger partial charge in [0, 0.05) is 25.7 Å². The fourth-order valence-electron chi connectivity index (χ4n) is 4.26. The molecule has 1 aromatic rings. The second-order valence-corrected chi connectivity index (χ2v) is 8.52. The Morgan fingerprint density at radius 1 is 1.10 bits per heavy atom. The third-order valence-corrected chi connectivity index (χ3v) is 6.23. The van der Waals surface area contributed by atoms with E-state index in [0.717, 1.165) is 25.0 Å². The summed E-state index contributed by atoms with van der Waals surface area (Å²) in [7, 11) is 0. The minimum Gasteiger partial charge on any atom is -0.452 e. The zero-order valence-electron chi connectivity index (χ0n) is 17.9. The predicted octanol–water partition coefficient (Wildman–Crippen LogP) is 3.45. The lowest BCUT2D eigenvalue weighted by atomic mass is 9.89.